The molecule has 2 bridgehead atoms. The smallest absolute Gasteiger partial charge is 0.202 e. The maximum Gasteiger partial charge on any atom is 0.202 e. The topological polar surface area (TPSA) is 44.8 Å². The lowest BCUT2D eigenvalue weighted by Crippen LogP contribution is -2.54. The summed E-state index contributed by atoms with van der Waals surface area (Å²) in [5, 5.41) is 0. The number of fused-ring (bicyclic) bond motifs is 2. The first kappa shape index (κ1) is 14.0. The van der Waals surface area contributed by atoms with Gasteiger partial charge in [0.05, 0.1) is 6.61 Å². The molecule has 4 atom stereocenters. The maximum absolute atomic E-state index is 11.9. The molecule has 1 saturated carbocycles. The number of carbonyl (C=O) groups is 1. The van der Waals surface area contributed by atoms with Crippen molar-refractivity contribution in [1.82, 2.24) is 0 Å². The number of unbranched alkanes of at least 4 members (excludes halogenated alkanes) is 2. The second-order valence-corrected chi connectivity index (χ2v) is 5.68. The minimum absolute atomic E-state index is 0.0501. The molecule has 0 aromatic heterocycles. The Labute approximate surface area is 109 Å². The number of hydrogen-bond acceptors (Lipinski definition) is 4. The number of ketones is 1. The van der Waals surface area contributed by atoms with Crippen LogP contribution in [-0.4, -0.2) is 24.3 Å². The van der Waals surface area contributed by atoms with E-state index in [-0.39, 0.29) is 23.7 Å². The van der Waals surface area contributed by atoms with E-state index in [0.29, 0.717) is 13.0 Å². The fourth-order valence-corrected chi connectivity index (χ4v) is 2.72. The first-order chi connectivity index (χ1) is 8.57. The molecule has 18 heavy (non-hydrogen) atoms. The Morgan fingerprint density at radius 3 is 2.94 bits per heavy atom. The van der Waals surface area contributed by atoms with Gasteiger partial charge >= 0.3 is 0 Å². The van der Waals surface area contributed by atoms with Crippen molar-refractivity contribution in [3.63, 3.8) is 0 Å². The number of rotatable bonds is 5. The van der Waals surface area contributed by atoms with Gasteiger partial charge in [-0.1, -0.05) is 26.7 Å². The van der Waals surface area contributed by atoms with Gasteiger partial charge in [-0.25, -0.2) is 9.78 Å². The Morgan fingerprint density at radius 1 is 1.44 bits per heavy atom. The van der Waals surface area contributed by atoms with Crippen molar-refractivity contribution < 1.29 is 19.3 Å². The third kappa shape index (κ3) is 2.76. The molecular weight excluding hydrogens is 232 g/mol. The molecule has 4 heteroatoms. The molecule has 0 amide bonds. The van der Waals surface area contributed by atoms with E-state index in [4.69, 9.17) is 14.5 Å². The zero-order chi connectivity index (χ0) is 13.2. The average molecular weight is 256 g/mol. The van der Waals surface area contributed by atoms with Crippen LogP contribution in [0.4, 0.5) is 0 Å². The van der Waals surface area contributed by atoms with E-state index in [1.165, 1.54) is 6.42 Å². The minimum Gasteiger partial charge on any atom is -0.347 e. The van der Waals surface area contributed by atoms with Crippen molar-refractivity contribution in [2.75, 3.05) is 6.61 Å². The molecule has 0 unspecified atom stereocenters. The highest BCUT2D eigenvalue weighted by atomic mass is 17.2. The Balaban J connectivity index is 1.91. The van der Waals surface area contributed by atoms with Gasteiger partial charge in [-0.05, 0) is 19.8 Å². The number of hydrogen-bond donors (Lipinski definition) is 0. The molecule has 0 aromatic carbocycles. The van der Waals surface area contributed by atoms with Crippen LogP contribution in [0.25, 0.3) is 0 Å². The number of Topliss-reactive ketones (excluding diaryl/α,β-unsaturated/α-hetero) is 1. The molecule has 0 spiro atoms. The van der Waals surface area contributed by atoms with E-state index >= 15 is 0 Å². The van der Waals surface area contributed by atoms with Crippen LogP contribution in [0.3, 0.4) is 0 Å². The van der Waals surface area contributed by atoms with Gasteiger partial charge in [0.25, 0.3) is 0 Å². The minimum atomic E-state index is -0.750. The Hall–Kier alpha value is -0.450. The molecule has 2 fully saturated rings. The van der Waals surface area contributed by atoms with E-state index in [2.05, 4.69) is 6.92 Å². The summed E-state index contributed by atoms with van der Waals surface area (Å²) in [6, 6.07) is 0. The summed E-state index contributed by atoms with van der Waals surface area (Å²) >= 11 is 0. The van der Waals surface area contributed by atoms with Gasteiger partial charge in [-0.15, -0.1) is 0 Å². The lowest BCUT2D eigenvalue weighted by atomic mass is 9.75. The summed E-state index contributed by atoms with van der Waals surface area (Å²) in [5.41, 5.74) is 0. The summed E-state index contributed by atoms with van der Waals surface area (Å²) in [6.07, 6.45) is 4.65. The lowest BCUT2D eigenvalue weighted by molar-refractivity contribution is -0.485. The van der Waals surface area contributed by atoms with Crippen LogP contribution in [0.1, 0.15) is 52.9 Å². The fraction of sp³-hybridized carbons (Fsp3) is 0.929. The first-order valence-electron chi connectivity index (χ1n) is 7.08. The highest BCUT2D eigenvalue weighted by Gasteiger charge is 2.50. The maximum atomic E-state index is 11.9. The molecule has 1 heterocycles. The molecular formula is C14H24O4. The second kappa shape index (κ2) is 5.68. The van der Waals surface area contributed by atoms with Gasteiger partial charge in [-0.2, -0.15) is 0 Å². The average Bonchev–Trinajstić information content (AvgIpc) is 2.36. The third-order valence-electron chi connectivity index (χ3n) is 4.25. The van der Waals surface area contributed by atoms with Gasteiger partial charge in [0.15, 0.2) is 0 Å². The molecule has 1 aliphatic carbocycles. The van der Waals surface area contributed by atoms with E-state index in [1.54, 1.807) is 0 Å². The van der Waals surface area contributed by atoms with Crippen molar-refractivity contribution in [2.24, 2.45) is 11.8 Å². The zero-order valence-electron chi connectivity index (χ0n) is 11.6. The summed E-state index contributed by atoms with van der Waals surface area (Å²) in [5.74, 6) is -0.407. The Morgan fingerprint density at radius 2 is 2.22 bits per heavy atom. The standard InChI is InChI=1S/C14H24O4/c1-4-5-6-7-16-14(3)11-8-12(15)10(2)13(9-11)17-18-14/h10-11,13H,4-9H2,1-3H3/t10-,11+,13+,14+/m1/s1. The molecule has 4 nitrogen and oxygen atoms in total. The van der Waals surface area contributed by atoms with Gasteiger partial charge in [0.2, 0.25) is 5.79 Å². The van der Waals surface area contributed by atoms with Crippen LogP contribution in [0.15, 0.2) is 0 Å². The van der Waals surface area contributed by atoms with Crippen LogP contribution >= 0.6 is 0 Å². The van der Waals surface area contributed by atoms with Crippen LogP contribution in [0.5, 0.6) is 0 Å². The van der Waals surface area contributed by atoms with Crippen LogP contribution in [0.2, 0.25) is 0 Å². The molecule has 104 valence electrons. The third-order valence-corrected chi connectivity index (χ3v) is 4.25. The highest BCUT2D eigenvalue weighted by molar-refractivity contribution is 5.82. The molecule has 2 aliphatic rings. The summed E-state index contributed by atoms with van der Waals surface area (Å²) in [7, 11) is 0. The van der Waals surface area contributed by atoms with Crippen molar-refractivity contribution in [2.45, 2.75) is 64.8 Å². The van der Waals surface area contributed by atoms with Gasteiger partial charge in [-0.3, -0.25) is 4.79 Å². The van der Waals surface area contributed by atoms with Gasteiger partial charge in [0.1, 0.15) is 11.9 Å². The monoisotopic (exact) mass is 256 g/mol. The van der Waals surface area contributed by atoms with E-state index < -0.39 is 5.79 Å². The molecule has 0 radical (unpaired) electrons. The molecule has 0 N–H and O–H groups in total. The predicted molar refractivity (Wildman–Crippen MR) is 66.7 cm³/mol. The molecule has 1 saturated heterocycles. The fourth-order valence-electron chi connectivity index (χ4n) is 2.72. The van der Waals surface area contributed by atoms with Crippen molar-refractivity contribution in [3.05, 3.63) is 0 Å². The predicted octanol–water partition coefficient (Wildman–Crippen LogP) is 2.86. The first-order valence-corrected chi connectivity index (χ1v) is 7.08. The van der Waals surface area contributed by atoms with Gasteiger partial charge < -0.3 is 4.74 Å². The molecule has 2 rings (SSSR count). The van der Waals surface area contributed by atoms with Gasteiger partial charge in [0, 0.05) is 18.3 Å². The molecule has 0 aromatic rings. The lowest BCUT2D eigenvalue weighted by Gasteiger charge is -2.46. The van der Waals surface area contributed by atoms with Crippen LogP contribution in [-0.2, 0) is 19.3 Å². The van der Waals surface area contributed by atoms with Crippen molar-refractivity contribution >= 4 is 5.78 Å². The normalized spacial score (nSPS) is 39.9. The second-order valence-electron chi connectivity index (χ2n) is 5.68. The highest BCUT2D eigenvalue weighted by Crippen LogP contribution is 2.42. The summed E-state index contributed by atoms with van der Waals surface area (Å²) < 4.78 is 5.84. The van der Waals surface area contributed by atoms with Crippen molar-refractivity contribution in [1.29, 1.82) is 0 Å². The molecule has 1 aliphatic heterocycles. The van der Waals surface area contributed by atoms with Crippen LogP contribution < -0.4 is 0 Å². The summed E-state index contributed by atoms with van der Waals surface area (Å²) in [6.45, 7) is 6.63. The number of carbonyl (C=O) groups excluding carboxylic acids is 1. The summed E-state index contributed by atoms with van der Waals surface area (Å²) in [4.78, 5) is 22.7. The van der Waals surface area contributed by atoms with E-state index in [1.807, 2.05) is 13.8 Å². The zero-order valence-corrected chi connectivity index (χ0v) is 11.6. The largest absolute Gasteiger partial charge is 0.347 e. The quantitative estimate of drug-likeness (QED) is 0.560. The van der Waals surface area contributed by atoms with E-state index in [0.717, 1.165) is 19.3 Å². The number of ether oxygens (including phenoxy) is 1. The van der Waals surface area contributed by atoms with Crippen molar-refractivity contribution in [3.8, 4) is 0 Å². The Kier molecular flexibility index (Phi) is 4.41. The Bertz CT molecular complexity index is 304. The van der Waals surface area contributed by atoms with Crippen LogP contribution in [0, 0.1) is 11.8 Å². The SMILES string of the molecule is CCCCCO[C@@]1(C)OO[C@H]2C[C@@H]1CC(=O)[C@H]2C. The van der Waals surface area contributed by atoms with E-state index in [9.17, 15) is 4.79 Å².